The van der Waals surface area contributed by atoms with Gasteiger partial charge in [0.1, 0.15) is 0 Å². The second-order valence-corrected chi connectivity index (χ2v) is 9.88. The number of benzene rings is 2. The van der Waals surface area contributed by atoms with Gasteiger partial charge in [0.2, 0.25) is 0 Å². The predicted molar refractivity (Wildman–Crippen MR) is 129 cm³/mol. The number of anilines is 2. The summed E-state index contributed by atoms with van der Waals surface area (Å²) in [6, 6.07) is 18.2. The molecule has 5 nitrogen and oxygen atoms in total. The highest BCUT2D eigenvalue weighted by Gasteiger charge is 2.24. The SMILES string of the molecule is COc1ccc(CCNC(=O)c2ccc(N3CC(C)Sc4ccccc43)s2)cc1OC. The van der Waals surface area contributed by atoms with E-state index in [1.54, 1.807) is 14.2 Å². The van der Waals surface area contributed by atoms with Crippen LogP contribution in [0.1, 0.15) is 22.2 Å². The number of thiophene rings is 1. The average Bonchev–Trinajstić information content (AvgIpc) is 3.28. The first-order chi connectivity index (χ1) is 15.1. The number of nitrogens with one attached hydrogen (secondary N) is 1. The van der Waals surface area contributed by atoms with Crippen LogP contribution in [0.15, 0.2) is 59.5 Å². The Morgan fingerprint density at radius 2 is 1.90 bits per heavy atom. The van der Waals surface area contributed by atoms with Crippen LogP contribution in [0.25, 0.3) is 0 Å². The smallest absolute Gasteiger partial charge is 0.261 e. The number of ether oxygens (including phenoxy) is 2. The van der Waals surface area contributed by atoms with Gasteiger partial charge in [-0.15, -0.1) is 23.1 Å². The Labute approximate surface area is 191 Å². The second-order valence-electron chi connectivity index (χ2n) is 7.34. The lowest BCUT2D eigenvalue weighted by Gasteiger charge is -2.33. The van der Waals surface area contributed by atoms with Gasteiger partial charge < -0.3 is 19.7 Å². The monoisotopic (exact) mass is 454 g/mol. The summed E-state index contributed by atoms with van der Waals surface area (Å²) in [5, 5.41) is 4.63. The molecular formula is C24H26N2O3S2. The summed E-state index contributed by atoms with van der Waals surface area (Å²) in [5.74, 6) is 1.36. The van der Waals surface area contributed by atoms with Gasteiger partial charge in [-0.25, -0.2) is 0 Å². The Morgan fingerprint density at radius 3 is 2.71 bits per heavy atom. The second kappa shape index (κ2) is 9.66. The Bertz CT molecular complexity index is 1070. The molecule has 0 saturated carbocycles. The lowest BCUT2D eigenvalue weighted by Crippen LogP contribution is -2.28. The highest BCUT2D eigenvalue weighted by Crippen LogP contribution is 2.43. The highest BCUT2D eigenvalue weighted by atomic mass is 32.2. The maximum Gasteiger partial charge on any atom is 0.261 e. The lowest BCUT2D eigenvalue weighted by atomic mass is 10.1. The zero-order chi connectivity index (χ0) is 21.8. The van der Waals surface area contributed by atoms with Crippen molar-refractivity contribution < 1.29 is 14.3 Å². The van der Waals surface area contributed by atoms with Gasteiger partial charge in [0.25, 0.3) is 5.91 Å². The fourth-order valence-electron chi connectivity index (χ4n) is 3.64. The number of para-hydroxylation sites is 1. The predicted octanol–water partition coefficient (Wildman–Crippen LogP) is 5.37. The van der Waals surface area contributed by atoms with Gasteiger partial charge in [-0.1, -0.05) is 25.1 Å². The van der Waals surface area contributed by atoms with Crippen molar-refractivity contribution in [2.45, 2.75) is 23.5 Å². The van der Waals surface area contributed by atoms with E-state index in [4.69, 9.17) is 9.47 Å². The number of hydrogen-bond acceptors (Lipinski definition) is 6. The van der Waals surface area contributed by atoms with Crippen molar-refractivity contribution in [3.63, 3.8) is 0 Å². The van der Waals surface area contributed by atoms with Crippen LogP contribution >= 0.6 is 23.1 Å². The number of fused-ring (bicyclic) bond motifs is 1. The van der Waals surface area contributed by atoms with E-state index < -0.39 is 0 Å². The molecule has 1 aromatic heterocycles. The van der Waals surface area contributed by atoms with E-state index in [2.05, 4.69) is 41.4 Å². The summed E-state index contributed by atoms with van der Waals surface area (Å²) >= 11 is 3.44. The van der Waals surface area contributed by atoms with Gasteiger partial charge in [0.05, 0.1) is 29.8 Å². The van der Waals surface area contributed by atoms with Crippen LogP contribution in [-0.4, -0.2) is 38.5 Å². The van der Waals surface area contributed by atoms with Crippen molar-refractivity contribution in [3.05, 3.63) is 65.0 Å². The van der Waals surface area contributed by atoms with Crippen molar-refractivity contribution in [2.75, 3.05) is 32.2 Å². The minimum atomic E-state index is -0.0376. The molecule has 0 aliphatic carbocycles. The number of thioether (sulfide) groups is 1. The molecule has 0 fully saturated rings. The van der Waals surface area contributed by atoms with E-state index >= 15 is 0 Å². The minimum absolute atomic E-state index is 0.0376. The molecule has 162 valence electrons. The van der Waals surface area contributed by atoms with Crippen LogP contribution in [0.2, 0.25) is 0 Å². The molecule has 2 heterocycles. The van der Waals surface area contributed by atoms with E-state index in [0.717, 1.165) is 28.4 Å². The number of carbonyl (C=O) groups is 1. The van der Waals surface area contributed by atoms with Crippen molar-refractivity contribution >= 4 is 39.7 Å². The Morgan fingerprint density at radius 1 is 1.10 bits per heavy atom. The zero-order valence-electron chi connectivity index (χ0n) is 17.9. The molecule has 2 aromatic carbocycles. The van der Waals surface area contributed by atoms with Gasteiger partial charge in [0, 0.05) is 23.2 Å². The van der Waals surface area contributed by atoms with Crippen LogP contribution in [0.3, 0.4) is 0 Å². The fourth-order valence-corrected chi connectivity index (χ4v) is 5.70. The van der Waals surface area contributed by atoms with Crippen LogP contribution in [0.4, 0.5) is 10.7 Å². The number of methoxy groups -OCH3 is 2. The summed E-state index contributed by atoms with van der Waals surface area (Å²) in [6.45, 7) is 3.73. The average molecular weight is 455 g/mol. The third-order valence-electron chi connectivity index (χ3n) is 5.15. The molecular weight excluding hydrogens is 428 g/mol. The highest BCUT2D eigenvalue weighted by molar-refractivity contribution is 8.00. The largest absolute Gasteiger partial charge is 0.493 e. The van der Waals surface area contributed by atoms with Gasteiger partial charge in [0.15, 0.2) is 11.5 Å². The standard InChI is InChI=1S/C24H26N2O3S2/c1-16-15-26(18-6-4-5-7-21(18)30-16)23-11-10-22(31-23)24(27)25-13-12-17-8-9-19(28-2)20(14-17)29-3/h4-11,14,16H,12-13,15H2,1-3H3,(H,25,27). The van der Waals surface area contributed by atoms with Gasteiger partial charge in [-0.2, -0.15) is 0 Å². The molecule has 0 radical (unpaired) electrons. The maximum atomic E-state index is 12.7. The Kier molecular flexibility index (Phi) is 6.73. The molecule has 1 unspecified atom stereocenters. The van der Waals surface area contributed by atoms with Crippen LogP contribution in [0, 0.1) is 0 Å². The van der Waals surface area contributed by atoms with Crippen LogP contribution in [-0.2, 0) is 6.42 Å². The minimum Gasteiger partial charge on any atom is -0.493 e. The third kappa shape index (κ3) is 4.83. The quantitative estimate of drug-likeness (QED) is 0.520. The lowest BCUT2D eigenvalue weighted by molar-refractivity contribution is 0.0958. The van der Waals surface area contributed by atoms with Crippen molar-refractivity contribution in [1.82, 2.24) is 5.32 Å². The van der Waals surface area contributed by atoms with Gasteiger partial charge >= 0.3 is 0 Å². The molecule has 7 heteroatoms. The van der Waals surface area contributed by atoms with Crippen LogP contribution < -0.4 is 19.7 Å². The van der Waals surface area contributed by atoms with Crippen LogP contribution in [0.5, 0.6) is 11.5 Å². The topological polar surface area (TPSA) is 50.8 Å². The third-order valence-corrected chi connectivity index (χ3v) is 7.41. The zero-order valence-corrected chi connectivity index (χ0v) is 19.5. The molecule has 1 atom stereocenters. The Hall–Kier alpha value is -2.64. The number of hydrogen-bond donors (Lipinski definition) is 1. The number of rotatable bonds is 7. The summed E-state index contributed by atoms with van der Waals surface area (Å²) in [4.78, 5) is 17.0. The molecule has 0 saturated heterocycles. The van der Waals surface area contributed by atoms with E-state index in [1.165, 1.54) is 21.9 Å². The molecule has 4 rings (SSSR count). The normalized spacial score (nSPS) is 15.3. The van der Waals surface area contributed by atoms with Gasteiger partial charge in [-0.3, -0.25) is 4.79 Å². The molecule has 1 amide bonds. The van der Waals surface area contributed by atoms with Crippen molar-refractivity contribution in [3.8, 4) is 11.5 Å². The van der Waals surface area contributed by atoms with Gasteiger partial charge in [-0.05, 0) is 48.4 Å². The molecule has 31 heavy (non-hydrogen) atoms. The van der Waals surface area contributed by atoms with E-state index in [1.807, 2.05) is 42.1 Å². The molecule has 1 aliphatic heterocycles. The molecule has 1 N–H and O–H groups in total. The summed E-state index contributed by atoms with van der Waals surface area (Å²) in [5.41, 5.74) is 2.30. The maximum absolute atomic E-state index is 12.7. The van der Waals surface area contributed by atoms with Crippen molar-refractivity contribution in [1.29, 1.82) is 0 Å². The first-order valence-electron chi connectivity index (χ1n) is 10.2. The first-order valence-corrected chi connectivity index (χ1v) is 11.9. The summed E-state index contributed by atoms with van der Waals surface area (Å²) in [6.07, 6.45) is 0.721. The molecule has 1 aliphatic rings. The molecule has 0 bridgehead atoms. The van der Waals surface area contributed by atoms with E-state index in [0.29, 0.717) is 23.3 Å². The summed E-state index contributed by atoms with van der Waals surface area (Å²) in [7, 11) is 3.24. The molecule has 0 spiro atoms. The number of amides is 1. The fraction of sp³-hybridized carbons (Fsp3) is 0.292. The Balaban J connectivity index is 1.39. The first kappa shape index (κ1) is 21.6. The van der Waals surface area contributed by atoms with E-state index in [-0.39, 0.29) is 5.91 Å². The molecule has 3 aromatic rings. The van der Waals surface area contributed by atoms with E-state index in [9.17, 15) is 4.79 Å². The number of carbonyl (C=O) groups excluding carboxylic acids is 1. The summed E-state index contributed by atoms with van der Waals surface area (Å²) < 4.78 is 10.6. The van der Waals surface area contributed by atoms with Crippen molar-refractivity contribution in [2.24, 2.45) is 0 Å². The number of nitrogens with zero attached hydrogens (tertiary/aromatic N) is 1.